The summed E-state index contributed by atoms with van der Waals surface area (Å²) in [4.78, 5) is 13.1. The lowest BCUT2D eigenvalue weighted by Gasteiger charge is -2.24. The van der Waals surface area contributed by atoms with Gasteiger partial charge in [0, 0.05) is 18.8 Å². The van der Waals surface area contributed by atoms with Crippen molar-refractivity contribution in [2.24, 2.45) is 0 Å². The van der Waals surface area contributed by atoms with Gasteiger partial charge in [-0.25, -0.2) is 0 Å². The zero-order valence-corrected chi connectivity index (χ0v) is 13.2. The highest BCUT2D eigenvalue weighted by atomic mass is 16.3. The molecule has 0 spiro atoms. The average molecular weight is 312 g/mol. The number of phenols is 2. The number of carbonyl (C=O) groups excluding carboxylic acids is 1. The summed E-state index contributed by atoms with van der Waals surface area (Å²) in [5.41, 5.74) is 9.82. The molecule has 0 aliphatic carbocycles. The lowest BCUT2D eigenvalue weighted by molar-refractivity contribution is 0.112. The molecule has 0 unspecified atom stereocenters. The standard InChI is InChI=1S/C18H20N2O3/c1-10(2)15-6-13(9-21)17(22)16(18(15)23)20-7-11-3-4-14(19)5-12(11)8-20/h3-6,9-10,22-23H,7-8,19H2,1-2H3. The lowest BCUT2D eigenvalue weighted by atomic mass is 9.97. The molecule has 0 bridgehead atoms. The van der Waals surface area contributed by atoms with E-state index in [1.807, 2.05) is 36.9 Å². The predicted molar refractivity (Wildman–Crippen MR) is 90.0 cm³/mol. The molecule has 4 N–H and O–H groups in total. The Balaban J connectivity index is 2.10. The van der Waals surface area contributed by atoms with Crippen molar-refractivity contribution < 1.29 is 15.0 Å². The number of nitrogens with zero attached hydrogens (tertiary/aromatic N) is 1. The number of carbonyl (C=O) groups is 1. The molecule has 5 nitrogen and oxygen atoms in total. The van der Waals surface area contributed by atoms with E-state index in [1.54, 1.807) is 6.07 Å². The largest absolute Gasteiger partial charge is 0.505 e. The van der Waals surface area contributed by atoms with E-state index in [2.05, 4.69) is 0 Å². The van der Waals surface area contributed by atoms with Crippen molar-refractivity contribution >= 4 is 17.7 Å². The molecule has 1 aliphatic rings. The van der Waals surface area contributed by atoms with Gasteiger partial charge < -0.3 is 20.8 Å². The summed E-state index contributed by atoms with van der Waals surface area (Å²) in [5, 5.41) is 21.0. The van der Waals surface area contributed by atoms with Crippen LogP contribution < -0.4 is 10.6 Å². The summed E-state index contributed by atoms with van der Waals surface area (Å²) in [7, 11) is 0. The van der Waals surface area contributed by atoms with Crippen molar-refractivity contribution in [3.8, 4) is 11.5 Å². The molecular formula is C18H20N2O3. The van der Waals surface area contributed by atoms with Gasteiger partial charge in [0.2, 0.25) is 0 Å². The predicted octanol–water partition coefficient (Wildman–Crippen LogP) is 3.14. The van der Waals surface area contributed by atoms with Crippen LogP contribution in [-0.4, -0.2) is 16.5 Å². The zero-order valence-electron chi connectivity index (χ0n) is 13.2. The van der Waals surface area contributed by atoms with Gasteiger partial charge >= 0.3 is 0 Å². The van der Waals surface area contributed by atoms with E-state index in [-0.39, 0.29) is 23.0 Å². The van der Waals surface area contributed by atoms with Crippen molar-refractivity contribution in [1.82, 2.24) is 0 Å². The molecule has 120 valence electrons. The van der Waals surface area contributed by atoms with Crippen molar-refractivity contribution in [1.29, 1.82) is 0 Å². The molecule has 5 heteroatoms. The molecular weight excluding hydrogens is 292 g/mol. The molecule has 0 saturated carbocycles. The Morgan fingerprint density at radius 3 is 2.48 bits per heavy atom. The minimum Gasteiger partial charge on any atom is -0.505 e. The van der Waals surface area contributed by atoms with E-state index in [0.717, 1.165) is 11.1 Å². The van der Waals surface area contributed by atoms with Crippen molar-refractivity contribution in [3.05, 3.63) is 46.5 Å². The number of anilines is 2. The van der Waals surface area contributed by atoms with Crippen molar-refractivity contribution in [2.45, 2.75) is 32.9 Å². The summed E-state index contributed by atoms with van der Waals surface area (Å²) in [6.45, 7) is 4.95. The molecule has 3 rings (SSSR count). The third-order valence-electron chi connectivity index (χ3n) is 4.32. The molecule has 0 saturated heterocycles. The first-order valence-electron chi connectivity index (χ1n) is 7.58. The first-order valence-corrected chi connectivity index (χ1v) is 7.58. The molecule has 2 aromatic carbocycles. The smallest absolute Gasteiger partial charge is 0.153 e. The van der Waals surface area contributed by atoms with E-state index < -0.39 is 0 Å². The van der Waals surface area contributed by atoms with Gasteiger partial charge in [0.15, 0.2) is 12.0 Å². The number of aldehydes is 1. The Morgan fingerprint density at radius 1 is 1.13 bits per heavy atom. The van der Waals surface area contributed by atoms with Crippen LogP contribution in [0.3, 0.4) is 0 Å². The first-order chi connectivity index (χ1) is 10.9. The molecule has 1 aliphatic heterocycles. The third-order valence-corrected chi connectivity index (χ3v) is 4.32. The minimum absolute atomic E-state index is 0.0314. The summed E-state index contributed by atoms with van der Waals surface area (Å²) in [5.74, 6) is -0.111. The Hall–Kier alpha value is -2.69. The van der Waals surface area contributed by atoms with Gasteiger partial charge in [0.05, 0.1) is 5.56 Å². The molecule has 1 heterocycles. The van der Waals surface area contributed by atoms with Gasteiger partial charge in [-0.05, 0) is 40.8 Å². The van der Waals surface area contributed by atoms with E-state index in [0.29, 0.717) is 36.3 Å². The van der Waals surface area contributed by atoms with Crippen LogP contribution in [0.25, 0.3) is 0 Å². The lowest BCUT2D eigenvalue weighted by Crippen LogP contribution is -2.16. The number of phenolic OH excluding ortho intramolecular Hbond substituents is 2. The van der Waals surface area contributed by atoms with Gasteiger partial charge in [-0.3, -0.25) is 4.79 Å². The SMILES string of the molecule is CC(C)c1cc(C=O)c(O)c(N2Cc3ccc(N)cc3C2)c1O. The van der Waals surface area contributed by atoms with Crippen LogP contribution in [0.1, 0.15) is 46.8 Å². The van der Waals surface area contributed by atoms with Crippen LogP contribution in [-0.2, 0) is 13.1 Å². The van der Waals surface area contributed by atoms with Crippen molar-refractivity contribution in [3.63, 3.8) is 0 Å². The van der Waals surface area contributed by atoms with Crippen LogP contribution in [0.2, 0.25) is 0 Å². The van der Waals surface area contributed by atoms with Crippen LogP contribution in [0.4, 0.5) is 11.4 Å². The number of hydrogen-bond donors (Lipinski definition) is 3. The fourth-order valence-corrected chi connectivity index (χ4v) is 3.09. The Kier molecular flexibility index (Phi) is 3.64. The number of rotatable bonds is 3. The summed E-state index contributed by atoms with van der Waals surface area (Å²) in [6.07, 6.45) is 0.616. The topological polar surface area (TPSA) is 86.8 Å². The molecule has 0 radical (unpaired) electrons. The van der Waals surface area contributed by atoms with Crippen LogP contribution in [0, 0.1) is 0 Å². The monoisotopic (exact) mass is 312 g/mol. The average Bonchev–Trinajstić information content (AvgIpc) is 2.89. The van der Waals surface area contributed by atoms with E-state index in [4.69, 9.17) is 5.73 Å². The second kappa shape index (κ2) is 5.50. The Bertz CT molecular complexity index is 784. The molecule has 0 atom stereocenters. The molecule has 0 aromatic heterocycles. The van der Waals surface area contributed by atoms with Gasteiger partial charge in [0.1, 0.15) is 11.4 Å². The summed E-state index contributed by atoms with van der Waals surface area (Å²) < 4.78 is 0. The Labute approximate surface area is 135 Å². The van der Waals surface area contributed by atoms with E-state index in [1.165, 1.54) is 0 Å². The number of benzene rings is 2. The summed E-state index contributed by atoms with van der Waals surface area (Å²) in [6, 6.07) is 7.23. The number of hydrogen-bond acceptors (Lipinski definition) is 5. The zero-order chi connectivity index (χ0) is 16.7. The first kappa shape index (κ1) is 15.2. The highest BCUT2D eigenvalue weighted by molar-refractivity contribution is 5.87. The van der Waals surface area contributed by atoms with Gasteiger partial charge in [-0.2, -0.15) is 0 Å². The Morgan fingerprint density at radius 2 is 1.83 bits per heavy atom. The minimum atomic E-state index is -0.178. The summed E-state index contributed by atoms with van der Waals surface area (Å²) >= 11 is 0. The van der Waals surface area contributed by atoms with E-state index in [9.17, 15) is 15.0 Å². The maximum Gasteiger partial charge on any atom is 0.153 e. The highest BCUT2D eigenvalue weighted by Gasteiger charge is 2.27. The van der Waals surface area contributed by atoms with Crippen molar-refractivity contribution in [2.75, 3.05) is 10.6 Å². The van der Waals surface area contributed by atoms with Crippen LogP contribution >= 0.6 is 0 Å². The van der Waals surface area contributed by atoms with E-state index >= 15 is 0 Å². The maximum atomic E-state index is 11.3. The normalized spacial score (nSPS) is 13.4. The van der Waals surface area contributed by atoms with Gasteiger partial charge in [-0.15, -0.1) is 0 Å². The fourth-order valence-electron chi connectivity index (χ4n) is 3.09. The second-order valence-electron chi connectivity index (χ2n) is 6.26. The molecule has 0 amide bonds. The molecule has 0 fully saturated rings. The van der Waals surface area contributed by atoms with Gasteiger partial charge in [0.25, 0.3) is 0 Å². The molecule has 23 heavy (non-hydrogen) atoms. The van der Waals surface area contributed by atoms with Crippen LogP contribution in [0.5, 0.6) is 11.5 Å². The highest BCUT2D eigenvalue weighted by Crippen LogP contribution is 2.46. The number of nitrogens with two attached hydrogens (primary N) is 1. The molecule has 2 aromatic rings. The number of fused-ring (bicyclic) bond motifs is 1. The fraction of sp³-hybridized carbons (Fsp3) is 0.278. The maximum absolute atomic E-state index is 11.3. The van der Waals surface area contributed by atoms with Gasteiger partial charge in [-0.1, -0.05) is 19.9 Å². The third kappa shape index (κ3) is 2.48. The van der Waals surface area contributed by atoms with Crippen LogP contribution in [0.15, 0.2) is 24.3 Å². The second-order valence-corrected chi connectivity index (χ2v) is 6.26. The number of aromatic hydroxyl groups is 2. The number of nitrogen functional groups attached to an aromatic ring is 1. The quantitative estimate of drug-likeness (QED) is 0.599.